The van der Waals surface area contributed by atoms with Gasteiger partial charge in [-0.15, -0.1) is 0 Å². The van der Waals surface area contributed by atoms with Gasteiger partial charge in [0, 0.05) is 0 Å². The van der Waals surface area contributed by atoms with Crippen molar-refractivity contribution in [1.82, 2.24) is 0 Å². The van der Waals surface area contributed by atoms with Crippen molar-refractivity contribution in [2.75, 3.05) is 12.4 Å². The SMILES string of the molecule is O=C(CS)OC(O)CO. The summed E-state index contributed by atoms with van der Waals surface area (Å²) in [5.74, 6) is -0.753. The van der Waals surface area contributed by atoms with Gasteiger partial charge < -0.3 is 14.9 Å². The van der Waals surface area contributed by atoms with Crippen LogP contribution in [0, 0.1) is 0 Å². The van der Waals surface area contributed by atoms with E-state index in [9.17, 15) is 4.79 Å². The fourth-order valence-corrected chi connectivity index (χ4v) is 0.301. The summed E-state index contributed by atoms with van der Waals surface area (Å²) in [6.45, 7) is -0.584. The molecule has 0 heterocycles. The van der Waals surface area contributed by atoms with Gasteiger partial charge in [0.25, 0.3) is 0 Å². The minimum absolute atomic E-state index is 0.100. The van der Waals surface area contributed by atoms with Crippen LogP contribution in [0.25, 0.3) is 0 Å². The van der Waals surface area contributed by atoms with E-state index in [2.05, 4.69) is 17.4 Å². The summed E-state index contributed by atoms with van der Waals surface area (Å²) in [6, 6.07) is 0. The Morgan fingerprint density at radius 2 is 2.33 bits per heavy atom. The van der Waals surface area contributed by atoms with Crippen molar-refractivity contribution in [3.05, 3.63) is 0 Å². The van der Waals surface area contributed by atoms with Crippen LogP contribution in [-0.4, -0.2) is 34.8 Å². The Bertz CT molecular complexity index is 94.6. The second-order valence-corrected chi connectivity index (χ2v) is 1.60. The Morgan fingerprint density at radius 1 is 1.78 bits per heavy atom. The second-order valence-electron chi connectivity index (χ2n) is 1.29. The quantitative estimate of drug-likeness (QED) is 0.269. The first-order valence-corrected chi connectivity index (χ1v) is 2.93. The zero-order chi connectivity index (χ0) is 7.28. The van der Waals surface area contributed by atoms with Gasteiger partial charge in [0.2, 0.25) is 6.29 Å². The topological polar surface area (TPSA) is 66.8 Å². The molecule has 0 fully saturated rings. The molecule has 0 amide bonds. The van der Waals surface area contributed by atoms with Gasteiger partial charge >= 0.3 is 5.97 Å². The van der Waals surface area contributed by atoms with Crippen LogP contribution in [0.2, 0.25) is 0 Å². The molecule has 0 radical (unpaired) electrons. The maximum absolute atomic E-state index is 10.2. The summed E-state index contributed by atoms with van der Waals surface area (Å²) < 4.78 is 4.14. The molecule has 1 unspecified atom stereocenters. The Balaban J connectivity index is 3.34. The molecule has 0 saturated carbocycles. The average Bonchev–Trinajstić information content (AvgIpc) is 1.87. The van der Waals surface area contributed by atoms with Crippen LogP contribution >= 0.6 is 12.6 Å². The van der Waals surface area contributed by atoms with Crippen LogP contribution in [0.3, 0.4) is 0 Å². The first kappa shape index (κ1) is 8.74. The molecule has 1 atom stereocenters. The number of hydrogen-bond acceptors (Lipinski definition) is 5. The van der Waals surface area contributed by atoms with Crippen LogP contribution in [0.5, 0.6) is 0 Å². The molecule has 0 aliphatic carbocycles. The number of hydrogen-bond donors (Lipinski definition) is 3. The Kier molecular flexibility index (Phi) is 4.47. The molecule has 54 valence electrons. The standard InChI is InChI=1S/C4H8O4S/c5-1-3(6)8-4(7)2-9/h3,5-6,9H,1-2H2. The zero-order valence-electron chi connectivity index (χ0n) is 4.65. The van der Waals surface area contributed by atoms with E-state index >= 15 is 0 Å². The highest BCUT2D eigenvalue weighted by Gasteiger charge is 2.06. The van der Waals surface area contributed by atoms with E-state index < -0.39 is 18.9 Å². The molecule has 0 aromatic heterocycles. The molecule has 0 bridgehead atoms. The fourth-order valence-electron chi connectivity index (χ4n) is 0.226. The lowest BCUT2D eigenvalue weighted by Gasteiger charge is -2.06. The molecule has 0 aromatic rings. The number of ether oxygens (including phenoxy) is 1. The summed E-state index contributed by atoms with van der Waals surface area (Å²) in [5.41, 5.74) is 0. The normalized spacial score (nSPS) is 12.8. The van der Waals surface area contributed by atoms with Crippen molar-refractivity contribution in [3.8, 4) is 0 Å². The van der Waals surface area contributed by atoms with E-state index in [-0.39, 0.29) is 5.75 Å². The van der Waals surface area contributed by atoms with E-state index in [1.54, 1.807) is 0 Å². The summed E-state index contributed by atoms with van der Waals surface area (Å²) in [7, 11) is 0. The van der Waals surface area contributed by atoms with Crippen LogP contribution in [0.15, 0.2) is 0 Å². The number of carbonyl (C=O) groups excluding carboxylic acids is 1. The number of aliphatic hydroxyl groups excluding tert-OH is 2. The van der Waals surface area contributed by atoms with Gasteiger partial charge in [0.1, 0.15) is 6.61 Å². The number of esters is 1. The molecule has 0 aliphatic rings. The Morgan fingerprint density at radius 3 is 2.67 bits per heavy atom. The number of aliphatic hydroxyl groups is 2. The summed E-state index contributed by atoms with van der Waals surface area (Å²) in [5, 5.41) is 16.6. The van der Waals surface area contributed by atoms with E-state index in [4.69, 9.17) is 10.2 Å². The van der Waals surface area contributed by atoms with Crippen LogP contribution in [0.1, 0.15) is 0 Å². The predicted octanol–water partition coefficient (Wildman–Crippen LogP) is -1.23. The highest BCUT2D eigenvalue weighted by molar-refractivity contribution is 7.81. The van der Waals surface area contributed by atoms with E-state index in [0.29, 0.717) is 0 Å². The van der Waals surface area contributed by atoms with Gasteiger partial charge in [-0.3, -0.25) is 4.79 Å². The average molecular weight is 152 g/mol. The lowest BCUT2D eigenvalue weighted by molar-refractivity contribution is -0.170. The van der Waals surface area contributed by atoms with Gasteiger partial charge in [-0.1, -0.05) is 0 Å². The molecule has 2 N–H and O–H groups in total. The monoisotopic (exact) mass is 152 g/mol. The molecule has 0 spiro atoms. The number of carbonyl (C=O) groups is 1. The third kappa shape index (κ3) is 4.26. The molecule has 0 saturated heterocycles. The summed E-state index contributed by atoms with van der Waals surface area (Å²) in [6.07, 6.45) is -1.41. The van der Waals surface area contributed by atoms with Crippen molar-refractivity contribution >= 4 is 18.6 Å². The summed E-state index contributed by atoms with van der Waals surface area (Å²) in [4.78, 5) is 10.2. The maximum atomic E-state index is 10.2. The summed E-state index contributed by atoms with van der Waals surface area (Å²) >= 11 is 3.56. The first-order chi connectivity index (χ1) is 4.20. The lowest BCUT2D eigenvalue weighted by Crippen LogP contribution is -2.21. The van der Waals surface area contributed by atoms with Crippen molar-refractivity contribution in [3.63, 3.8) is 0 Å². The van der Waals surface area contributed by atoms with Gasteiger partial charge in [-0.05, 0) is 0 Å². The van der Waals surface area contributed by atoms with Crippen molar-refractivity contribution in [2.45, 2.75) is 6.29 Å². The highest BCUT2D eigenvalue weighted by Crippen LogP contribution is 1.87. The minimum atomic E-state index is -1.41. The number of rotatable bonds is 3. The third-order valence-corrected chi connectivity index (χ3v) is 0.811. The molecular formula is C4H8O4S. The van der Waals surface area contributed by atoms with Gasteiger partial charge in [-0.25, -0.2) is 0 Å². The Hall–Kier alpha value is -0.260. The zero-order valence-corrected chi connectivity index (χ0v) is 5.54. The molecule has 9 heavy (non-hydrogen) atoms. The molecule has 0 aliphatic heterocycles. The predicted molar refractivity (Wildman–Crippen MR) is 33.0 cm³/mol. The molecule has 0 aromatic carbocycles. The van der Waals surface area contributed by atoms with Crippen LogP contribution < -0.4 is 0 Å². The van der Waals surface area contributed by atoms with Crippen LogP contribution in [0.4, 0.5) is 0 Å². The lowest BCUT2D eigenvalue weighted by atomic mass is 10.7. The minimum Gasteiger partial charge on any atom is -0.433 e. The smallest absolute Gasteiger partial charge is 0.318 e. The van der Waals surface area contributed by atoms with Gasteiger partial charge in [-0.2, -0.15) is 12.6 Å². The van der Waals surface area contributed by atoms with Crippen molar-refractivity contribution in [2.24, 2.45) is 0 Å². The van der Waals surface area contributed by atoms with E-state index in [0.717, 1.165) is 0 Å². The van der Waals surface area contributed by atoms with Crippen molar-refractivity contribution < 1.29 is 19.7 Å². The third-order valence-electron chi connectivity index (χ3n) is 0.553. The number of thiol groups is 1. The Labute approximate surface area is 57.9 Å². The first-order valence-electron chi connectivity index (χ1n) is 2.30. The molecular weight excluding hydrogens is 144 g/mol. The molecule has 0 rings (SSSR count). The highest BCUT2D eigenvalue weighted by atomic mass is 32.1. The fraction of sp³-hybridized carbons (Fsp3) is 0.750. The molecule has 5 heteroatoms. The van der Waals surface area contributed by atoms with Crippen LogP contribution in [-0.2, 0) is 9.53 Å². The second kappa shape index (κ2) is 4.60. The molecule has 4 nitrogen and oxygen atoms in total. The van der Waals surface area contributed by atoms with Gasteiger partial charge in [0.15, 0.2) is 0 Å². The van der Waals surface area contributed by atoms with E-state index in [1.807, 2.05) is 0 Å². The van der Waals surface area contributed by atoms with Gasteiger partial charge in [0.05, 0.1) is 5.75 Å². The maximum Gasteiger partial charge on any atom is 0.318 e. The largest absolute Gasteiger partial charge is 0.433 e. The van der Waals surface area contributed by atoms with Crippen molar-refractivity contribution in [1.29, 1.82) is 0 Å². The van der Waals surface area contributed by atoms with E-state index in [1.165, 1.54) is 0 Å².